The summed E-state index contributed by atoms with van der Waals surface area (Å²) in [7, 11) is 1.59. The molecule has 0 saturated carbocycles. The highest BCUT2D eigenvalue weighted by Gasteiger charge is 2.38. The van der Waals surface area contributed by atoms with Crippen LogP contribution >= 0.6 is 0 Å². The minimum atomic E-state index is -0.512. The molecule has 1 fully saturated rings. The lowest BCUT2D eigenvalue weighted by Crippen LogP contribution is -2.61. The fraction of sp³-hybridized carbons (Fsp3) is 0.474. The molecule has 2 amide bonds. The minimum Gasteiger partial charge on any atom is -0.383 e. The Morgan fingerprint density at radius 1 is 1.15 bits per heavy atom. The Balaban J connectivity index is 1.78. The van der Waals surface area contributed by atoms with E-state index in [1.54, 1.807) is 23.2 Å². The fourth-order valence-electron chi connectivity index (χ4n) is 3.30. The molecule has 1 aromatic carbocycles. The average molecular weight is 371 g/mol. The second-order valence-corrected chi connectivity index (χ2v) is 6.62. The zero-order valence-corrected chi connectivity index (χ0v) is 15.7. The lowest BCUT2D eigenvalue weighted by atomic mass is 10.0. The van der Waals surface area contributed by atoms with Crippen LogP contribution in [0.3, 0.4) is 0 Å². The maximum absolute atomic E-state index is 13.1. The molecule has 8 nitrogen and oxygen atoms in total. The van der Waals surface area contributed by atoms with E-state index in [4.69, 9.17) is 4.74 Å². The van der Waals surface area contributed by atoms with E-state index in [1.807, 2.05) is 41.8 Å². The lowest BCUT2D eigenvalue weighted by molar-refractivity contribution is -0.156. The molecule has 1 saturated heterocycles. The highest BCUT2D eigenvalue weighted by molar-refractivity contribution is 5.95. The fourth-order valence-corrected chi connectivity index (χ4v) is 3.30. The molecule has 1 atom stereocenters. The predicted octanol–water partition coefficient (Wildman–Crippen LogP) is 0.515. The van der Waals surface area contributed by atoms with Crippen LogP contribution in [0, 0.1) is 6.92 Å². The smallest absolute Gasteiger partial charge is 0.246 e. The summed E-state index contributed by atoms with van der Waals surface area (Å²) in [4.78, 5) is 29.2. The standard InChI is InChI=1S/C19H25N5O3/c1-15-21-20-14-23(15)8-9-24-17(12-16-6-4-3-5-7-16)19(26)22(10-11-27-2)13-18(24)25/h3-7,14,17H,8-13H2,1-2H3/t17-/m1/s1. The van der Waals surface area contributed by atoms with Crippen molar-refractivity contribution in [2.45, 2.75) is 25.9 Å². The average Bonchev–Trinajstić information content (AvgIpc) is 3.08. The number of rotatable bonds is 8. The first kappa shape index (κ1) is 19.0. The largest absolute Gasteiger partial charge is 0.383 e. The summed E-state index contributed by atoms with van der Waals surface area (Å²) in [5, 5.41) is 7.84. The number of methoxy groups -OCH3 is 1. The topological polar surface area (TPSA) is 80.6 Å². The van der Waals surface area contributed by atoms with Gasteiger partial charge in [-0.2, -0.15) is 0 Å². The number of hydrogen-bond acceptors (Lipinski definition) is 5. The molecule has 1 aromatic heterocycles. The molecule has 0 N–H and O–H groups in total. The number of benzene rings is 1. The van der Waals surface area contributed by atoms with Gasteiger partial charge in [0.05, 0.1) is 13.2 Å². The lowest BCUT2D eigenvalue weighted by Gasteiger charge is -2.40. The molecule has 3 rings (SSSR count). The molecule has 0 unspecified atom stereocenters. The van der Waals surface area contributed by atoms with Gasteiger partial charge in [-0.25, -0.2) is 0 Å². The molecule has 0 bridgehead atoms. The van der Waals surface area contributed by atoms with Crippen LogP contribution in [-0.4, -0.2) is 75.8 Å². The molecule has 2 heterocycles. The molecular weight excluding hydrogens is 346 g/mol. The van der Waals surface area contributed by atoms with Crippen molar-refractivity contribution in [1.29, 1.82) is 0 Å². The van der Waals surface area contributed by atoms with Crippen molar-refractivity contribution in [2.75, 3.05) is 33.4 Å². The van der Waals surface area contributed by atoms with Gasteiger partial charge in [-0.3, -0.25) is 9.59 Å². The van der Waals surface area contributed by atoms with Gasteiger partial charge >= 0.3 is 0 Å². The number of nitrogens with zero attached hydrogens (tertiary/aromatic N) is 5. The van der Waals surface area contributed by atoms with E-state index < -0.39 is 6.04 Å². The molecule has 27 heavy (non-hydrogen) atoms. The van der Waals surface area contributed by atoms with E-state index >= 15 is 0 Å². The Morgan fingerprint density at radius 2 is 1.93 bits per heavy atom. The van der Waals surface area contributed by atoms with Crippen LogP contribution < -0.4 is 0 Å². The van der Waals surface area contributed by atoms with E-state index in [9.17, 15) is 9.59 Å². The second-order valence-electron chi connectivity index (χ2n) is 6.62. The second kappa shape index (κ2) is 8.77. The van der Waals surface area contributed by atoms with E-state index in [2.05, 4.69) is 10.2 Å². The number of aromatic nitrogens is 3. The highest BCUT2D eigenvalue weighted by Crippen LogP contribution is 2.18. The Labute approximate surface area is 158 Å². The van der Waals surface area contributed by atoms with Crippen LogP contribution in [-0.2, 0) is 27.3 Å². The van der Waals surface area contributed by atoms with Crippen molar-refractivity contribution >= 4 is 11.8 Å². The van der Waals surface area contributed by atoms with Gasteiger partial charge in [0.2, 0.25) is 11.8 Å². The van der Waals surface area contributed by atoms with E-state index in [1.165, 1.54) is 0 Å². The molecule has 0 radical (unpaired) electrons. The molecular formula is C19H25N5O3. The van der Waals surface area contributed by atoms with Gasteiger partial charge in [-0.1, -0.05) is 30.3 Å². The summed E-state index contributed by atoms with van der Waals surface area (Å²) in [6, 6.07) is 9.27. The Morgan fingerprint density at radius 3 is 2.59 bits per heavy atom. The summed E-state index contributed by atoms with van der Waals surface area (Å²) in [5.74, 6) is 0.709. The van der Waals surface area contributed by atoms with Crippen molar-refractivity contribution in [3.8, 4) is 0 Å². The van der Waals surface area contributed by atoms with Crippen molar-refractivity contribution in [1.82, 2.24) is 24.6 Å². The molecule has 1 aliphatic rings. The first-order valence-corrected chi connectivity index (χ1v) is 9.05. The SMILES string of the molecule is COCCN1CC(=O)N(CCn2cnnc2C)[C@H](Cc2ccccc2)C1=O. The summed E-state index contributed by atoms with van der Waals surface area (Å²) < 4.78 is 6.97. The first-order valence-electron chi connectivity index (χ1n) is 9.05. The summed E-state index contributed by atoms with van der Waals surface area (Å²) >= 11 is 0. The molecule has 2 aromatic rings. The molecule has 0 spiro atoms. The summed E-state index contributed by atoms with van der Waals surface area (Å²) in [5.41, 5.74) is 1.03. The van der Waals surface area contributed by atoms with Gasteiger partial charge in [-0.15, -0.1) is 10.2 Å². The van der Waals surface area contributed by atoms with E-state index in [0.717, 1.165) is 11.4 Å². The number of carbonyl (C=O) groups is 2. The van der Waals surface area contributed by atoms with Gasteiger partial charge in [0.25, 0.3) is 0 Å². The normalized spacial score (nSPS) is 17.6. The van der Waals surface area contributed by atoms with E-state index in [0.29, 0.717) is 32.7 Å². The number of hydrogen-bond donors (Lipinski definition) is 0. The van der Waals surface area contributed by atoms with Gasteiger partial charge in [-0.05, 0) is 12.5 Å². The third-order valence-electron chi connectivity index (χ3n) is 4.85. The Kier molecular flexibility index (Phi) is 6.18. The summed E-state index contributed by atoms with van der Waals surface area (Å²) in [6.45, 7) is 3.79. The van der Waals surface area contributed by atoms with Crippen LogP contribution in [0.25, 0.3) is 0 Å². The van der Waals surface area contributed by atoms with Crippen molar-refractivity contribution in [2.24, 2.45) is 0 Å². The van der Waals surface area contributed by atoms with Crippen LogP contribution in [0.15, 0.2) is 36.7 Å². The van der Waals surface area contributed by atoms with Crippen molar-refractivity contribution in [3.05, 3.63) is 48.0 Å². The van der Waals surface area contributed by atoms with Crippen LogP contribution in [0.5, 0.6) is 0 Å². The quantitative estimate of drug-likeness (QED) is 0.676. The third kappa shape index (κ3) is 4.51. The minimum absolute atomic E-state index is 0.0315. The van der Waals surface area contributed by atoms with E-state index in [-0.39, 0.29) is 18.4 Å². The predicted molar refractivity (Wildman–Crippen MR) is 98.9 cm³/mol. The maximum Gasteiger partial charge on any atom is 0.246 e. The molecule has 1 aliphatic heterocycles. The van der Waals surface area contributed by atoms with Crippen LogP contribution in [0.4, 0.5) is 0 Å². The Hall–Kier alpha value is -2.74. The van der Waals surface area contributed by atoms with Gasteiger partial charge in [0.1, 0.15) is 18.2 Å². The molecule has 8 heteroatoms. The number of ether oxygens (including phenoxy) is 1. The van der Waals surface area contributed by atoms with Crippen molar-refractivity contribution in [3.63, 3.8) is 0 Å². The van der Waals surface area contributed by atoms with Gasteiger partial charge in [0.15, 0.2) is 0 Å². The van der Waals surface area contributed by atoms with Gasteiger partial charge in [0, 0.05) is 33.2 Å². The maximum atomic E-state index is 13.1. The molecule has 144 valence electrons. The highest BCUT2D eigenvalue weighted by atomic mass is 16.5. The third-order valence-corrected chi connectivity index (χ3v) is 4.85. The van der Waals surface area contributed by atoms with Crippen molar-refractivity contribution < 1.29 is 14.3 Å². The van der Waals surface area contributed by atoms with Crippen LogP contribution in [0.1, 0.15) is 11.4 Å². The zero-order valence-electron chi connectivity index (χ0n) is 15.7. The monoisotopic (exact) mass is 371 g/mol. The van der Waals surface area contributed by atoms with Gasteiger partial charge < -0.3 is 19.1 Å². The first-order chi connectivity index (χ1) is 13.1. The zero-order chi connectivity index (χ0) is 19.2. The van der Waals surface area contributed by atoms with Crippen LogP contribution in [0.2, 0.25) is 0 Å². The number of carbonyl (C=O) groups excluding carboxylic acids is 2. The number of aryl methyl sites for hydroxylation is 1. The molecule has 0 aliphatic carbocycles. The number of piperazine rings is 1. The summed E-state index contributed by atoms with van der Waals surface area (Å²) in [6.07, 6.45) is 2.14. The Bertz CT molecular complexity index is 777. The number of amides is 2.